The Morgan fingerprint density at radius 2 is 1.90 bits per heavy atom. The molecule has 20 heavy (non-hydrogen) atoms. The third-order valence-corrected chi connectivity index (χ3v) is 4.78. The van der Waals surface area contributed by atoms with Crippen molar-refractivity contribution in [2.45, 2.75) is 23.9 Å². The number of nitrogen functional groups attached to an aromatic ring is 1. The predicted octanol–water partition coefficient (Wildman–Crippen LogP) is 2.93. The number of nitrogens with two attached hydrogens (primary N) is 1. The zero-order valence-corrected chi connectivity index (χ0v) is 12.1. The molecular weight excluding hydrogens is 270 g/mol. The highest BCUT2D eigenvalue weighted by Crippen LogP contribution is 2.27. The average Bonchev–Trinajstić information content (AvgIpc) is 2.87. The summed E-state index contributed by atoms with van der Waals surface area (Å²) in [6, 6.07) is 11.3. The van der Waals surface area contributed by atoms with E-state index >= 15 is 0 Å². The number of para-hydroxylation sites is 1. The molecule has 0 bridgehead atoms. The lowest BCUT2D eigenvalue weighted by Crippen LogP contribution is -2.07. The Labute approximate surface area is 120 Å². The van der Waals surface area contributed by atoms with Gasteiger partial charge in [-0.15, -0.1) is 0 Å². The zero-order valence-electron chi connectivity index (χ0n) is 11.3. The second-order valence-corrected chi connectivity index (χ2v) is 6.12. The van der Waals surface area contributed by atoms with Gasteiger partial charge in [-0.1, -0.05) is 18.2 Å². The SMILES string of the molecule is Cc1c(N)cccc1[S+]([O-])c1nc2c(C)cccc2[nH]1. The van der Waals surface area contributed by atoms with Crippen LogP contribution in [0.15, 0.2) is 46.5 Å². The lowest BCUT2D eigenvalue weighted by Gasteiger charge is -2.10. The van der Waals surface area contributed by atoms with Crippen LogP contribution in [0.25, 0.3) is 11.0 Å². The number of anilines is 1. The maximum atomic E-state index is 12.7. The molecule has 0 amide bonds. The molecule has 3 N–H and O–H groups in total. The van der Waals surface area contributed by atoms with Crippen molar-refractivity contribution in [2.24, 2.45) is 0 Å². The standard InChI is InChI=1S/C15H15N3OS/c1-9-5-3-7-12-14(9)18-15(17-12)20(19)13-8-4-6-11(16)10(13)2/h3-8H,16H2,1-2H3,(H,17,18). The van der Waals surface area contributed by atoms with E-state index in [1.54, 1.807) is 6.07 Å². The van der Waals surface area contributed by atoms with Gasteiger partial charge in [0.1, 0.15) is 0 Å². The number of H-pyrrole nitrogens is 1. The number of hydrogen-bond acceptors (Lipinski definition) is 3. The van der Waals surface area contributed by atoms with E-state index in [1.165, 1.54) is 0 Å². The molecular formula is C15H15N3OS. The van der Waals surface area contributed by atoms with Gasteiger partial charge in [-0.25, -0.2) is 0 Å². The Morgan fingerprint density at radius 3 is 2.65 bits per heavy atom. The molecule has 2 aromatic carbocycles. The molecule has 0 fully saturated rings. The van der Waals surface area contributed by atoms with Crippen molar-refractivity contribution in [1.82, 2.24) is 9.97 Å². The summed E-state index contributed by atoms with van der Waals surface area (Å²) in [5.41, 5.74) is 10.2. The maximum Gasteiger partial charge on any atom is 0.327 e. The largest absolute Gasteiger partial charge is 0.604 e. The molecule has 1 heterocycles. The van der Waals surface area contributed by atoms with Crippen molar-refractivity contribution in [1.29, 1.82) is 0 Å². The topological polar surface area (TPSA) is 77.8 Å². The molecule has 0 saturated carbocycles. The van der Waals surface area contributed by atoms with Crippen molar-refractivity contribution < 1.29 is 4.55 Å². The van der Waals surface area contributed by atoms with Crippen LogP contribution in [0.5, 0.6) is 0 Å². The number of aromatic amines is 1. The first-order valence-corrected chi connectivity index (χ1v) is 7.45. The van der Waals surface area contributed by atoms with Gasteiger partial charge in [0.05, 0.1) is 22.2 Å². The van der Waals surface area contributed by atoms with Gasteiger partial charge in [0.2, 0.25) is 0 Å². The molecule has 0 aliphatic carbocycles. The molecule has 3 aromatic rings. The molecule has 1 atom stereocenters. The number of hydrogen-bond donors (Lipinski definition) is 2. The van der Waals surface area contributed by atoms with E-state index in [4.69, 9.17) is 5.73 Å². The van der Waals surface area contributed by atoms with Gasteiger partial charge < -0.3 is 10.3 Å². The fourth-order valence-electron chi connectivity index (χ4n) is 2.18. The molecule has 1 unspecified atom stereocenters. The van der Waals surface area contributed by atoms with Gasteiger partial charge in [0, 0.05) is 11.3 Å². The van der Waals surface area contributed by atoms with E-state index in [-0.39, 0.29) is 0 Å². The summed E-state index contributed by atoms with van der Waals surface area (Å²) in [6.45, 7) is 3.86. The number of aromatic nitrogens is 2. The van der Waals surface area contributed by atoms with Crippen LogP contribution in [0, 0.1) is 13.8 Å². The van der Waals surface area contributed by atoms with Crippen molar-refractivity contribution >= 4 is 27.9 Å². The Bertz CT molecular complexity index is 782. The van der Waals surface area contributed by atoms with E-state index < -0.39 is 11.2 Å². The minimum absolute atomic E-state index is 0.461. The second kappa shape index (κ2) is 4.85. The molecule has 0 saturated heterocycles. The minimum atomic E-state index is -1.36. The number of rotatable bonds is 2. The monoisotopic (exact) mass is 285 g/mol. The Kier molecular flexibility index (Phi) is 3.16. The Hall–Kier alpha value is -1.98. The van der Waals surface area contributed by atoms with Crippen LogP contribution in [-0.4, -0.2) is 14.5 Å². The van der Waals surface area contributed by atoms with Crippen LogP contribution in [0.1, 0.15) is 11.1 Å². The van der Waals surface area contributed by atoms with Gasteiger partial charge in [-0.05, 0) is 37.6 Å². The van der Waals surface area contributed by atoms with Gasteiger partial charge in [-0.3, -0.25) is 4.98 Å². The van der Waals surface area contributed by atoms with E-state index in [0.717, 1.165) is 22.2 Å². The number of benzene rings is 2. The minimum Gasteiger partial charge on any atom is -0.604 e. The first-order valence-electron chi connectivity index (χ1n) is 6.30. The molecule has 0 spiro atoms. The van der Waals surface area contributed by atoms with Gasteiger partial charge in [0.25, 0.3) is 0 Å². The summed E-state index contributed by atoms with van der Waals surface area (Å²) in [5, 5.41) is 0.461. The molecule has 0 radical (unpaired) electrons. The van der Waals surface area contributed by atoms with E-state index in [0.29, 0.717) is 15.7 Å². The summed E-state index contributed by atoms with van der Waals surface area (Å²) in [4.78, 5) is 8.29. The lowest BCUT2D eigenvalue weighted by molar-refractivity contribution is 0.588. The summed E-state index contributed by atoms with van der Waals surface area (Å²) >= 11 is -1.36. The van der Waals surface area contributed by atoms with Gasteiger partial charge in [-0.2, -0.15) is 4.98 Å². The fourth-order valence-corrected chi connectivity index (χ4v) is 3.36. The van der Waals surface area contributed by atoms with Crippen LogP contribution in [0.4, 0.5) is 5.69 Å². The smallest absolute Gasteiger partial charge is 0.327 e. The average molecular weight is 285 g/mol. The normalized spacial score (nSPS) is 12.8. The zero-order chi connectivity index (χ0) is 14.3. The van der Waals surface area contributed by atoms with E-state index in [1.807, 2.05) is 44.2 Å². The first kappa shape index (κ1) is 13.0. The molecule has 1 aromatic heterocycles. The third-order valence-electron chi connectivity index (χ3n) is 3.39. The Balaban J connectivity index is 2.10. The van der Waals surface area contributed by atoms with E-state index in [2.05, 4.69) is 9.97 Å². The summed E-state index contributed by atoms with van der Waals surface area (Å²) in [5.74, 6) is 0. The third kappa shape index (κ3) is 2.05. The molecule has 3 rings (SSSR count). The number of nitrogens with zero attached hydrogens (tertiary/aromatic N) is 1. The first-order chi connectivity index (χ1) is 9.58. The highest BCUT2D eigenvalue weighted by Gasteiger charge is 2.22. The van der Waals surface area contributed by atoms with Crippen LogP contribution in [0.2, 0.25) is 0 Å². The fraction of sp³-hybridized carbons (Fsp3) is 0.133. The number of imidazole rings is 1. The van der Waals surface area contributed by atoms with Crippen LogP contribution in [-0.2, 0) is 11.2 Å². The highest BCUT2D eigenvalue weighted by molar-refractivity contribution is 7.91. The molecule has 0 aliphatic rings. The Morgan fingerprint density at radius 1 is 1.15 bits per heavy atom. The van der Waals surface area contributed by atoms with Crippen molar-refractivity contribution in [3.63, 3.8) is 0 Å². The predicted molar refractivity (Wildman–Crippen MR) is 81.1 cm³/mol. The summed E-state index contributed by atoms with van der Waals surface area (Å²) in [7, 11) is 0. The summed E-state index contributed by atoms with van der Waals surface area (Å²) in [6.07, 6.45) is 0. The van der Waals surface area contributed by atoms with Crippen LogP contribution >= 0.6 is 0 Å². The van der Waals surface area contributed by atoms with Crippen molar-refractivity contribution in [3.05, 3.63) is 47.5 Å². The van der Waals surface area contributed by atoms with Gasteiger partial charge >= 0.3 is 5.16 Å². The quantitative estimate of drug-likeness (QED) is 0.561. The summed E-state index contributed by atoms with van der Waals surface area (Å²) < 4.78 is 12.7. The number of nitrogens with one attached hydrogen (secondary N) is 1. The highest BCUT2D eigenvalue weighted by atomic mass is 32.2. The van der Waals surface area contributed by atoms with Crippen molar-refractivity contribution in [3.8, 4) is 0 Å². The second-order valence-electron chi connectivity index (χ2n) is 4.75. The molecule has 5 heteroatoms. The van der Waals surface area contributed by atoms with Crippen LogP contribution in [0.3, 0.4) is 0 Å². The van der Waals surface area contributed by atoms with Crippen LogP contribution < -0.4 is 5.73 Å². The van der Waals surface area contributed by atoms with Gasteiger partial charge in [0.15, 0.2) is 4.90 Å². The molecule has 4 nitrogen and oxygen atoms in total. The number of fused-ring (bicyclic) bond motifs is 1. The van der Waals surface area contributed by atoms with Crippen molar-refractivity contribution in [2.75, 3.05) is 5.73 Å². The molecule has 102 valence electrons. The molecule has 0 aliphatic heterocycles. The van der Waals surface area contributed by atoms with E-state index in [9.17, 15) is 4.55 Å². The maximum absolute atomic E-state index is 12.7. The lowest BCUT2D eigenvalue weighted by atomic mass is 10.2. The number of aryl methyl sites for hydroxylation is 1.